The number of unbranched alkanes of at least 4 members (excludes halogenated alkanes) is 1. The highest BCUT2D eigenvalue weighted by Gasteiger charge is 2.19. The molecule has 1 amide bonds. The second-order valence-electron chi connectivity index (χ2n) is 5.49. The lowest BCUT2D eigenvalue weighted by Crippen LogP contribution is -2.26. The van der Waals surface area contributed by atoms with E-state index < -0.39 is 0 Å². The molecule has 118 valence electrons. The largest absolute Gasteiger partial charge is 0.351 e. The number of benzene rings is 1. The van der Waals surface area contributed by atoms with Crippen LogP contribution in [0.3, 0.4) is 0 Å². The van der Waals surface area contributed by atoms with Crippen molar-refractivity contribution in [3.8, 4) is 5.69 Å². The number of nitrogens with one attached hydrogen (secondary N) is 1. The average Bonchev–Trinajstić information content (AvgIpc) is 2.92. The summed E-state index contributed by atoms with van der Waals surface area (Å²) in [6, 6.07) is 8.07. The van der Waals surface area contributed by atoms with Crippen molar-refractivity contribution >= 4 is 5.91 Å². The van der Waals surface area contributed by atoms with Crippen molar-refractivity contribution in [2.75, 3.05) is 6.54 Å². The van der Waals surface area contributed by atoms with Gasteiger partial charge in [0.1, 0.15) is 0 Å². The number of rotatable bonds is 7. The molecule has 0 radical (unpaired) electrons. The molecule has 0 atom stereocenters. The van der Waals surface area contributed by atoms with E-state index in [1.54, 1.807) is 4.68 Å². The number of aryl methyl sites for hydroxylation is 1. The topological polar surface area (TPSA) is 59.8 Å². The van der Waals surface area contributed by atoms with Gasteiger partial charge in [0, 0.05) is 6.54 Å². The lowest BCUT2D eigenvalue weighted by atomic mass is 10.1. The van der Waals surface area contributed by atoms with E-state index in [1.807, 2.05) is 31.2 Å². The summed E-state index contributed by atoms with van der Waals surface area (Å²) in [5.74, 6) is -0.129. The van der Waals surface area contributed by atoms with Gasteiger partial charge in [-0.05, 0) is 31.9 Å². The first-order chi connectivity index (χ1) is 10.7. The molecule has 0 unspecified atom stereocenters. The van der Waals surface area contributed by atoms with Gasteiger partial charge in [-0.25, -0.2) is 4.68 Å². The maximum Gasteiger partial charge on any atom is 0.273 e. The first-order valence-corrected chi connectivity index (χ1v) is 7.97. The van der Waals surface area contributed by atoms with Gasteiger partial charge in [0.15, 0.2) is 5.69 Å². The number of aromatic nitrogens is 3. The molecule has 22 heavy (non-hydrogen) atoms. The normalized spacial score (nSPS) is 10.7. The van der Waals surface area contributed by atoms with Crippen molar-refractivity contribution in [3.05, 3.63) is 41.2 Å². The molecule has 0 aliphatic heterocycles. The number of nitrogens with zero attached hydrogens (tertiary/aromatic N) is 3. The van der Waals surface area contributed by atoms with Gasteiger partial charge in [-0.1, -0.05) is 49.6 Å². The minimum absolute atomic E-state index is 0.129. The van der Waals surface area contributed by atoms with Crippen LogP contribution in [0.25, 0.3) is 5.69 Å². The van der Waals surface area contributed by atoms with Gasteiger partial charge in [0.05, 0.1) is 11.4 Å². The highest BCUT2D eigenvalue weighted by molar-refractivity contribution is 5.93. The van der Waals surface area contributed by atoms with E-state index in [-0.39, 0.29) is 5.91 Å². The van der Waals surface area contributed by atoms with Crippen molar-refractivity contribution in [1.82, 2.24) is 20.3 Å². The number of carbonyl (C=O) groups is 1. The van der Waals surface area contributed by atoms with Crippen LogP contribution in [0, 0.1) is 6.92 Å². The Balaban J connectivity index is 2.28. The summed E-state index contributed by atoms with van der Waals surface area (Å²) in [7, 11) is 0. The Labute approximate surface area is 131 Å². The molecule has 0 saturated carbocycles. The Kier molecular flexibility index (Phi) is 5.69. The zero-order valence-corrected chi connectivity index (χ0v) is 13.6. The van der Waals surface area contributed by atoms with Crippen molar-refractivity contribution < 1.29 is 4.79 Å². The van der Waals surface area contributed by atoms with Gasteiger partial charge < -0.3 is 5.32 Å². The van der Waals surface area contributed by atoms with Crippen LogP contribution in [0.5, 0.6) is 0 Å². The Morgan fingerprint density at radius 2 is 1.91 bits per heavy atom. The summed E-state index contributed by atoms with van der Waals surface area (Å²) >= 11 is 0. The van der Waals surface area contributed by atoms with Gasteiger partial charge in [-0.15, -0.1) is 5.10 Å². The third kappa shape index (κ3) is 3.72. The molecule has 0 bridgehead atoms. The molecule has 0 aliphatic rings. The molecule has 0 spiro atoms. The Morgan fingerprint density at radius 1 is 1.18 bits per heavy atom. The van der Waals surface area contributed by atoms with Gasteiger partial charge in [-0.3, -0.25) is 4.79 Å². The number of hydrogen-bond donors (Lipinski definition) is 1. The lowest BCUT2D eigenvalue weighted by Gasteiger charge is -2.08. The monoisotopic (exact) mass is 300 g/mol. The third-order valence-electron chi connectivity index (χ3n) is 3.56. The molecule has 0 aliphatic carbocycles. The molecule has 1 aromatic carbocycles. The first-order valence-electron chi connectivity index (χ1n) is 7.97. The fraction of sp³-hybridized carbons (Fsp3) is 0.471. The van der Waals surface area contributed by atoms with Crippen LogP contribution < -0.4 is 5.32 Å². The molecule has 2 aromatic rings. The lowest BCUT2D eigenvalue weighted by molar-refractivity contribution is 0.0947. The molecule has 0 fully saturated rings. The summed E-state index contributed by atoms with van der Waals surface area (Å²) in [5.41, 5.74) is 3.45. The van der Waals surface area contributed by atoms with Crippen LogP contribution in [0.4, 0.5) is 0 Å². The Bertz CT molecular complexity index is 616. The third-order valence-corrected chi connectivity index (χ3v) is 3.56. The molecule has 0 saturated heterocycles. The number of hydrogen-bond acceptors (Lipinski definition) is 3. The maximum absolute atomic E-state index is 12.3. The summed E-state index contributed by atoms with van der Waals surface area (Å²) in [5, 5.41) is 11.2. The smallest absolute Gasteiger partial charge is 0.273 e. The Morgan fingerprint density at radius 3 is 2.55 bits per heavy atom. The molecule has 1 N–H and O–H groups in total. The second kappa shape index (κ2) is 7.73. The average molecular weight is 300 g/mol. The molecular weight excluding hydrogens is 276 g/mol. The zero-order valence-electron chi connectivity index (χ0n) is 13.6. The predicted molar refractivity (Wildman–Crippen MR) is 87.3 cm³/mol. The quantitative estimate of drug-likeness (QED) is 0.799. The van der Waals surface area contributed by atoms with Crippen LogP contribution in [0.1, 0.15) is 54.9 Å². The van der Waals surface area contributed by atoms with Crippen molar-refractivity contribution in [1.29, 1.82) is 0 Å². The molecule has 1 heterocycles. The zero-order chi connectivity index (χ0) is 15.9. The van der Waals surface area contributed by atoms with Gasteiger partial charge in [-0.2, -0.15) is 0 Å². The van der Waals surface area contributed by atoms with E-state index >= 15 is 0 Å². The van der Waals surface area contributed by atoms with E-state index in [9.17, 15) is 4.79 Å². The van der Waals surface area contributed by atoms with Gasteiger partial charge >= 0.3 is 0 Å². The van der Waals surface area contributed by atoms with Crippen LogP contribution >= 0.6 is 0 Å². The number of amides is 1. The number of carbonyl (C=O) groups excluding carboxylic acids is 1. The summed E-state index contributed by atoms with van der Waals surface area (Å²) in [6.45, 7) is 6.91. The van der Waals surface area contributed by atoms with E-state index in [0.29, 0.717) is 12.2 Å². The molecule has 1 aromatic heterocycles. The van der Waals surface area contributed by atoms with Crippen molar-refractivity contribution in [2.45, 2.75) is 46.5 Å². The van der Waals surface area contributed by atoms with Crippen molar-refractivity contribution in [2.24, 2.45) is 0 Å². The fourth-order valence-electron chi connectivity index (χ4n) is 2.29. The summed E-state index contributed by atoms with van der Waals surface area (Å²) in [4.78, 5) is 12.3. The summed E-state index contributed by atoms with van der Waals surface area (Å²) < 4.78 is 1.78. The molecular formula is C17H24N4O. The predicted octanol–water partition coefficient (Wildman–Crippen LogP) is 3.06. The summed E-state index contributed by atoms with van der Waals surface area (Å²) in [6.07, 6.45) is 3.74. The van der Waals surface area contributed by atoms with E-state index in [2.05, 4.69) is 29.5 Å². The van der Waals surface area contributed by atoms with E-state index in [0.717, 1.165) is 37.1 Å². The minimum atomic E-state index is -0.129. The van der Waals surface area contributed by atoms with Gasteiger partial charge in [0.2, 0.25) is 0 Å². The van der Waals surface area contributed by atoms with Crippen LogP contribution in [-0.4, -0.2) is 27.4 Å². The SMILES string of the molecule is CCCCNC(=O)c1nnn(-c2ccc(C)cc2)c1CCC. The van der Waals surface area contributed by atoms with Gasteiger partial charge in [0.25, 0.3) is 5.91 Å². The second-order valence-corrected chi connectivity index (χ2v) is 5.49. The van der Waals surface area contributed by atoms with E-state index in [4.69, 9.17) is 0 Å². The van der Waals surface area contributed by atoms with Crippen LogP contribution in [0.15, 0.2) is 24.3 Å². The molecule has 5 nitrogen and oxygen atoms in total. The molecule has 5 heteroatoms. The van der Waals surface area contributed by atoms with Crippen molar-refractivity contribution in [3.63, 3.8) is 0 Å². The maximum atomic E-state index is 12.3. The highest BCUT2D eigenvalue weighted by Crippen LogP contribution is 2.15. The van der Waals surface area contributed by atoms with Crippen LogP contribution in [-0.2, 0) is 6.42 Å². The van der Waals surface area contributed by atoms with Crippen LogP contribution in [0.2, 0.25) is 0 Å². The first kappa shape index (κ1) is 16.2. The molecule has 2 rings (SSSR count). The minimum Gasteiger partial charge on any atom is -0.351 e. The Hall–Kier alpha value is -2.17. The van der Waals surface area contributed by atoms with E-state index in [1.165, 1.54) is 5.56 Å². The standard InChI is InChI=1S/C17H24N4O/c1-4-6-12-18-17(22)16-15(7-5-2)21(20-19-16)14-10-8-13(3)9-11-14/h8-11H,4-7,12H2,1-3H3,(H,18,22). The fourth-order valence-corrected chi connectivity index (χ4v) is 2.29. The highest BCUT2D eigenvalue weighted by atomic mass is 16.2.